The number of aromatic nitrogens is 1. The van der Waals surface area contributed by atoms with Crippen molar-refractivity contribution in [3.8, 4) is 0 Å². The maximum absolute atomic E-state index is 13.0. The van der Waals surface area contributed by atoms with Gasteiger partial charge in [-0.2, -0.15) is 4.72 Å². The van der Waals surface area contributed by atoms with Gasteiger partial charge >= 0.3 is 5.97 Å². The van der Waals surface area contributed by atoms with Gasteiger partial charge in [0.1, 0.15) is 16.5 Å². The van der Waals surface area contributed by atoms with E-state index in [0.717, 1.165) is 0 Å². The number of benzene rings is 1. The zero-order valence-corrected chi connectivity index (χ0v) is 18.0. The predicted octanol–water partition coefficient (Wildman–Crippen LogP) is 3.04. The second-order valence-corrected chi connectivity index (χ2v) is 10.1. The van der Waals surface area contributed by atoms with E-state index in [1.807, 2.05) is 20.8 Å². The summed E-state index contributed by atoms with van der Waals surface area (Å²) in [6.45, 7) is 10.5. The number of fused-ring (bicyclic) bond motifs is 1. The lowest BCUT2D eigenvalue weighted by atomic mass is 10.2. The van der Waals surface area contributed by atoms with Crippen LogP contribution in [0.3, 0.4) is 0 Å². The summed E-state index contributed by atoms with van der Waals surface area (Å²) in [5, 5.41) is 0.685. The van der Waals surface area contributed by atoms with Crippen LogP contribution in [0.2, 0.25) is 0 Å². The maximum Gasteiger partial charge on any atom is 0.327 e. The molecule has 0 aliphatic rings. The first-order valence-electron chi connectivity index (χ1n) is 9.01. The monoisotopic (exact) mass is 408 g/mol. The number of carbonyl (C=O) groups excluding carboxylic acids is 1. The van der Waals surface area contributed by atoms with Crippen LogP contribution < -0.4 is 4.72 Å². The molecule has 28 heavy (non-hydrogen) atoms. The summed E-state index contributed by atoms with van der Waals surface area (Å²) in [5.41, 5.74) is -0.979. The Hall–Kier alpha value is -2.03. The summed E-state index contributed by atoms with van der Waals surface area (Å²) in [4.78, 5) is 16.8. The molecule has 0 aliphatic carbocycles. The molecule has 0 spiro atoms. The van der Waals surface area contributed by atoms with Crippen LogP contribution in [0, 0.1) is 0 Å². The maximum atomic E-state index is 13.0. The minimum absolute atomic E-state index is 0.00471. The van der Waals surface area contributed by atoms with Gasteiger partial charge in [-0.05, 0) is 53.7 Å². The Morgan fingerprint density at radius 1 is 1.07 bits per heavy atom. The first kappa shape index (κ1) is 22.3. The van der Waals surface area contributed by atoms with Gasteiger partial charge in [-0.15, -0.1) is 0 Å². The Labute approximate surface area is 166 Å². The molecule has 0 amide bonds. The van der Waals surface area contributed by atoms with Crippen molar-refractivity contribution in [1.29, 1.82) is 0 Å². The minimum atomic E-state index is -4.05. The molecule has 8 heteroatoms. The van der Waals surface area contributed by atoms with E-state index in [0.29, 0.717) is 10.9 Å². The fourth-order valence-corrected chi connectivity index (χ4v) is 3.75. The van der Waals surface area contributed by atoms with Crippen molar-refractivity contribution >= 4 is 26.9 Å². The Bertz CT molecular complexity index is 938. The average molecular weight is 409 g/mol. The van der Waals surface area contributed by atoms with Crippen LogP contribution >= 0.6 is 0 Å². The lowest BCUT2D eigenvalue weighted by Crippen LogP contribution is -2.48. The van der Waals surface area contributed by atoms with Gasteiger partial charge < -0.3 is 9.47 Å². The van der Waals surface area contributed by atoms with E-state index in [1.54, 1.807) is 45.0 Å². The molecule has 0 aliphatic heterocycles. The molecule has 0 saturated heterocycles. The Morgan fingerprint density at radius 3 is 2.32 bits per heavy atom. The zero-order valence-electron chi connectivity index (χ0n) is 17.1. The normalized spacial score (nSPS) is 14.1. The fraction of sp³-hybridized carbons (Fsp3) is 0.500. The van der Waals surface area contributed by atoms with Crippen molar-refractivity contribution in [2.75, 3.05) is 6.61 Å². The molecule has 0 bridgehead atoms. The molecule has 2 aromatic rings. The molecule has 2 rings (SSSR count). The number of pyridine rings is 1. The van der Waals surface area contributed by atoms with E-state index in [4.69, 9.17) is 9.47 Å². The van der Waals surface area contributed by atoms with Crippen LogP contribution in [-0.2, 0) is 24.3 Å². The zero-order chi connectivity index (χ0) is 21.2. The highest BCUT2D eigenvalue weighted by Gasteiger charge is 2.32. The number of ether oxygens (including phenoxy) is 2. The second-order valence-electron chi connectivity index (χ2n) is 8.46. The summed E-state index contributed by atoms with van der Waals surface area (Å²) < 4.78 is 39.5. The van der Waals surface area contributed by atoms with E-state index in [9.17, 15) is 13.2 Å². The molecule has 1 atom stereocenters. The lowest BCUT2D eigenvalue weighted by molar-refractivity contribution is -0.159. The molecule has 0 fully saturated rings. The standard InChI is InChI=1S/C20H28N2O5S/c1-19(2,3)26-13-15(18(23)27-20(4,5)6)22-28(24,25)16-11-7-9-14-10-8-12-21-17(14)16/h7-12,15,22H,13H2,1-6H3/t15-/m0/s1. The van der Waals surface area contributed by atoms with Crippen molar-refractivity contribution in [2.24, 2.45) is 0 Å². The number of nitrogens with zero attached hydrogens (tertiary/aromatic N) is 1. The largest absolute Gasteiger partial charge is 0.459 e. The van der Waals surface area contributed by atoms with Crippen molar-refractivity contribution < 1.29 is 22.7 Å². The number of carbonyl (C=O) groups is 1. The van der Waals surface area contributed by atoms with E-state index in [2.05, 4.69) is 9.71 Å². The van der Waals surface area contributed by atoms with Gasteiger partial charge in [0.05, 0.1) is 17.7 Å². The first-order chi connectivity index (χ1) is 12.8. The van der Waals surface area contributed by atoms with Crippen molar-refractivity contribution in [3.05, 3.63) is 36.5 Å². The number of esters is 1. The van der Waals surface area contributed by atoms with Crippen LogP contribution in [0.25, 0.3) is 10.9 Å². The van der Waals surface area contributed by atoms with Crippen LogP contribution in [0.4, 0.5) is 0 Å². The summed E-state index contributed by atoms with van der Waals surface area (Å²) in [6, 6.07) is 7.17. The Kier molecular flexibility index (Phi) is 6.48. The highest BCUT2D eigenvalue weighted by molar-refractivity contribution is 7.89. The third-order valence-corrected chi connectivity index (χ3v) is 5.06. The topological polar surface area (TPSA) is 94.6 Å². The predicted molar refractivity (Wildman–Crippen MR) is 107 cm³/mol. The smallest absolute Gasteiger partial charge is 0.327 e. The second kappa shape index (κ2) is 8.14. The molecule has 1 N–H and O–H groups in total. The van der Waals surface area contributed by atoms with Crippen molar-refractivity contribution in [2.45, 2.75) is 63.7 Å². The van der Waals surface area contributed by atoms with E-state index >= 15 is 0 Å². The molecule has 0 saturated carbocycles. The summed E-state index contributed by atoms with van der Waals surface area (Å²) >= 11 is 0. The SMILES string of the molecule is CC(C)(C)OC[C@H](NS(=O)(=O)c1cccc2cccnc12)C(=O)OC(C)(C)C. The number of para-hydroxylation sites is 1. The summed E-state index contributed by atoms with van der Waals surface area (Å²) in [7, 11) is -4.05. The van der Waals surface area contributed by atoms with Crippen LogP contribution in [0.15, 0.2) is 41.4 Å². The Balaban J connectivity index is 2.36. The van der Waals surface area contributed by atoms with Gasteiger partial charge in [0.15, 0.2) is 0 Å². The van der Waals surface area contributed by atoms with Gasteiger partial charge in [0, 0.05) is 11.6 Å². The quantitative estimate of drug-likeness (QED) is 0.738. The van der Waals surface area contributed by atoms with Gasteiger partial charge in [0.25, 0.3) is 0 Å². The van der Waals surface area contributed by atoms with Gasteiger partial charge in [-0.1, -0.05) is 18.2 Å². The van der Waals surface area contributed by atoms with Crippen LogP contribution in [0.5, 0.6) is 0 Å². The van der Waals surface area contributed by atoms with Crippen molar-refractivity contribution in [1.82, 2.24) is 9.71 Å². The molecule has 1 aromatic heterocycles. The van der Waals surface area contributed by atoms with Gasteiger partial charge in [-0.25, -0.2) is 8.42 Å². The van der Waals surface area contributed by atoms with Crippen molar-refractivity contribution in [3.63, 3.8) is 0 Å². The highest BCUT2D eigenvalue weighted by Crippen LogP contribution is 2.21. The third-order valence-electron chi connectivity index (χ3n) is 3.56. The molecule has 1 aromatic carbocycles. The molecule has 0 unspecified atom stereocenters. The number of sulfonamides is 1. The fourth-order valence-electron chi connectivity index (χ4n) is 2.40. The molecule has 154 valence electrons. The molecular formula is C20H28N2O5S. The van der Waals surface area contributed by atoms with E-state index < -0.39 is 33.2 Å². The third kappa shape index (κ3) is 6.25. The van der Waals surface area contributed by atoms with E-state index in [-0.39, 0.29) is 11.5 Å². The number of hydrogen-bond acceptors (Lipinski definition) is 6. The number of nitrogens with one attached hydrogen (secondary N) is 1. The minimum Gasteiger partial charge on any atom is -0.459 e. The number of hydrogen-bond donors (Lipinski definition) is 1. The molecule has 7 nitrogen and oxygen atoms in total. The lowest BCUT2D eigenvalue weighted by Gasteiger charge is -2.27. The summed E-state index contributed by atoms with van der Waals surface area (Å²) in [6.07, 6.45) is 1.52. The number of rotatable bonds is 6. The van der Waals surface area contributed by atoms with Gasteiger partial charge in [-0.3, -0.25) is 9.78 Å². The van der Waals surface area contributed by atoms with Crippen LogP contribution in [0.1, 0.15) is 41.5 Å². The molecule has 1 heterocycles. The highest BCUT2D eigenvalue weighted by atomic mass is 32.2. The summed E-state index contributed by atoms with van der Waals surface area (Å²) in [5.74, 6) is -0.700. The van der Waals surface area contributed by atoms with Gasteiger partial charge in [0.2, 0.25) is 10.0 Å². The van der Waals surface area contributed by atoms with E-state index in [1.165, 1.54) is 12.3 Å². The molecular weight excluding hydrogens is 380 g/mol. The Morgan fingerprint density at radius 2 is 1.71 bits per heavy atom. The molecule has 0 radical (unpaired) electrons. The van der Waals surface area contributed by atoms with Crippen LogP contribution in [-0.4, -0.2) is 43.2 Å². The first-order valence-corrected chi connectivity index (χ1v) is 10.5. The average Bonchev–Trinajstić information content (AvgIpc) is 2.55.